The number of primary amides is 1. The van der Waals surface area contributed by atoms with Crippen LogP contribution in [0.2, 0.25) is 0 Å². The number of hydrogen-bond acceptors (Lipinski definition) is 5. The van der Waals surface area contributed by atoms with E-state index in [0.717, 1.165) is 23.3 Å². The Morgan fingerprint density at radius 1 is 1.23 bits per heavy atom. The highest BCUT2D eigenvalue weighted by atomic mass is 32.1. The van der Waals surface area contributed by atoms with E-state index in [1.54, 1.807) is 4.90 Å². The maximum Gasteiger partial charge on any atom is 0.274 e. The van der Waals surface area contributed by atoms with Crippen molar-refractivity contribution in [2.45, 2.75) is 25.8 Å². The Labute approximate surface area is 156 Å². The van der Waals surface area contributed by atoms with Gasteiger partial charge in [-0.15, -0.1) is 0 Å². The van der Waals surface area contributed by atoms with Gasteiger partial charge in [0.15, 0.2) is 5.13 Å². The fourth-order valence-electron chi connectivity index (χ4n) is 4.62. The van der Waals surface area contributed by atoms with Crippen molar-refractivity contribution in [2.75, 3.05) is 12.3 Å². The summed E-state index contributed by atoms with van der Waals surface area (Å²) in [5.41, 5.74) is 12.8. The third-order valence-corrected chi connectivity index (χ3v) is 6.53. The lowest BCUT2D eigenvalue weighted by molar-refractivity contribution is -0.122. The fourth-order valence-corrected chi connectivity index (χ4v) is 5.45. The van der Waals surface area contributed by atoms with Gasteiger partial charge in [-0.05, 0) is 36.2 Å². The lowest BCUT2D eigenvalue weighted by atomic mass is 9.93. The Morgan fingerprint density at radius 2 is 1.96 bits per heavy atom. The molecule has 1 aliphatic carbocycles. The molecule has 2 amide bonds. The van der Waals surface area contributed by atoms with Crippen LogP contribution in [0, 0.1) is 17.8 Å². The van der Waals surface area contributed by atoms with Crippen molar-refractivity contribution in [3.8, 4) is 10.4 Å². The zero-order valence-electron chi connectivity index (χ0n) is 14.6. The van der Waals surface area contributed by atoms with Crippen molar-refractivity contribution in [1.29, 1.82) is 0 Å². The van der Waals surface area contributed by atoms with Gasteiger partial charge >= 0.3 is 0 Å². The second kappa shape index (κ2) is 6.39. The topological polar surface area (TPSA) is 102 Å². The average molecular weight is 370 g/mol. The zero-order valence-corrected chi connectivity index (χ0v) is 15.4. The second-order valence-electron chi connectivity index (χ2n) is 7.40. The molecular weight excluding hydrogens is 348 g/mol. The number of carbonyl (C=O) groups is 2. The second-order valence-corrected chi connectivity index (χ2v) is 8.43. The lowest BCUT2D eigenvalue weighted by Crippen LogP contribution is -2.46. The molecule has 0 radical (unpaired) electrons. The van der Waals surface area contributed by atoms with Gasteiger partial charge in [0.2, 0.25) is 5.91 Å². The zero-order chi connectivity index (χ0) is 18.4. The van der Waals surface area contributed by atoms with Crippen molar-refractivity contribution in [3.63, 3.8) is 0 Å². The number of benzene rings is 1. The number of anilines is 1. The molecule has 2 aliphatic rings. The molecule has 1 aromatic carbocycles. The smallest absolute Gasteiger partial charge is 0.274 e. The highest BCUT2D eigenvalue weighted by molar-refractivity contribution is 7.19. The summed E-state index contributed by atoms with van der Waals surface area (Å²) in [6.45, 7) is 2.75. The summed E-state index contributed by atoms with van der Waals surface area (Å²) in [6, 6.07) is 9.04. The van der Waals surface area contributed by atoms with Crippen LogP contribution in [0.1, 0.15) is 30.3 Å². The third-order valence-electron chi connectivity index (χ3n) is 5.59. The van der Waals surface area contributed by atoms with Gasteiger partial charge in [-0.1, -0.05) is 48.6 Å². The largest absolute Gasteiger partial charge is 0.375 e. The molecule has 1 saturated carbocycles. The van der Waals surface area contributed by atoms with Crippen LogP contribution in [0.15, 0.2) is 30.3 Å². The summed E-state index contributed by atoms with van der Waals surface area (Å²) >= 11 is 1.29. The Bertz CT molecular complexity index is 850. The fraction of sp³-hybridized carbons (Fsp3) is 0.421. The van der Waals surface area contributed by atoms with E-state index in [-0.39, 0.29) is 11.8 Å². The Kier molecular flexibility index (Phi) is 4.19. The van der Waals surface area contributed by atoms with Gasteiger partial charge in [-0.2, -0.15) is 0 Å². The molecule has 1 aliphatic heterocycles. The first-order valence-electron chi connectivity index (χ1n) is 8.87. The number of fused-ring (bicyclic) bond motifs is 1. The average Bonchev–Trinajstić information content (AvgIpc) is 3.26. The van der Waals surface area contributed by atoms with Crippen LogP contribution in [0.5, 0.6) is 0 Å². The molecule has 4 N–H and O–H groups in total. The maximum absolute atomic E-state index is 13.3. The summed E-state index contributed by atoms with van der Waals surface area (Å²) in [6.07, 6.45) is 1.97. The van der Waals surface area contributed by atoms with E-state index in [2.05, 4.69) is 11.9 Å². The van der Waals surface area contributed by atoms with E-state index in [1.807, 2.05) is 30.3 Å². The molecule has 2 heterocycles. The van der Waals surface area contributed by atoms with Gasteiger partial charge in [-0.25, -0.2) is 4.98 Å². The number of aromatic nitrogens is 1. The normalized spacial score (nSPS) is 27.5. The molecule has 136 valence electrons. The number of amides is 2. The first-order chi connectivity index (χ1) is 12.5. The number of rotatable bonds is 3. The van der Waals surface area contributed by atoms with E-state index in [9.17, 15) is 9.59 Å². The molecule has 4 rings (SSSR count). The molecule has 4 atom stereocenters. The Hall–Kier alpha value is -2.41. The quantitative estimate of drug-likeness (QED) is 0.866. The summed E-state index contributed by atoms with van der Waals surface area (Å²) < 4.78 is 0. The predicted molar refractivity (Wildman–Crippen MR) is 101 cm³/mol. The van der Waals surface area contributed by atoms with Gasteiger partial charge in [0.1, 0.15) is 11.7 Å². The van der Waals surface area contributed by atoms with Crippen molar-refractivity contribution in [1.82, 2.24) is 9.88 Å². The molecule has 7 heteroatoms. The van der Waals surface area contributed by atoms with Crippen LogP contribution in [0.25, 0.3) is 10.4 Å². The van der Waals surface area contributed by atoms with E-state index >= 15 is 0 Å². The minimum atomic E-state index is -0.552. The van der Waals surface area contributed by atoms with Crippen LogP contribution in [-0.2, 0) is 4.79 Å². The van der Waals surface area contributed by atoms with Crippen molar-refractivity contribution in [3.05, 3.63) is 36.0 Å². The summed E-state index contributed by atoms with van der Waals surface area (Å²) in [4.78, 5) is 32.1. The van der Waals surface area contributed by atoms with Crippen molar-refractivity contribution in [2.24, 2.45) is 23.5 Å². The van der Waals surface area contributed by atoms with Gasteiger partial charge in [0.05, 0.1) is 4.88 Å². The maximum atomic E-state index is 13.3. The van der Waals surface area contributed by atoms with Crippen molar-refractivity contribution >= 4 is 28.3 Å². The monoisotopic (exact) mass is 370 g/mol. The van der Waals surface area contributed by atoms with Crippen LogP contribution >= 0.6 is 11.3 Å². The summed E-state index contributed by atoms with van der Waals surface area (Å²) in [7, 11) is 0. The first kappa shape index (κ1) is 17.0. The van der Waals surface area contributed by atoms with Crippen LogP contribution in [0.3, 0.4) is 0 Å². The van der Waals surface area contributed by atoms with Crippen LogP contribution in [0.4, 0.5) is 5.13 Å². The minimum Gasteiger partial charge on any atom is -0.375 e. The molecular formula is C19H22N4O2S. The summed E-state index contributed by atoms with van der Waals surface area (Å²) in [5, 5.41) is 0.343. The van der Waals surface area contributed by atoms with Crippen molar-refractivity contribution < 1.29 is 9.59 Å². The van der Waals surface area contributed by atoms with Gasteiger partial charge in [0.25, 0.3) is 5.91 Å². The molecule has 1 saturated heterocycles. The van der Waals surface area contributed by atoms with Crippen LogP contribution in [-0.4, -0.2) is 34.3 Å². The SMILES string of the molecule is CC1CC2CN(C(=O)c3nc(N)sc3-c3ccccc3)C(C(N)=O)C2C1. The standard InChI is InChI=1S/C19H22N4O2S/c1-10-7-12-9-23(15(17(20)24)13(12)8-10)18(25)14-16(26-19(21)22-14)11-5-3-2-4-6-11/h2-6,10,12-13,15H,7-9H2,1H3,(H2,20,24)(H2,21,22). The van der Waals surface area contributed by atoms with Gasteiger partial charge in [0, 0.05) is 6.54 Å². The highest BCUT2D eigenvalue weighted by Gasteiger charge is 2.51. The van der Waals surface area contributed by atoms with E-state index in [4.69, 9.17) is 11.5 Å². The number of nitrogen functional groups attached to an aromatic ring is 1. The summed E-state index contributed by atoms with van der Waals surface area (Å²) in [5.74, 6) is 0.385. The lowest BCUT2D eigenvalue weighted by Gasteiger charge is -2.25. The number of nitrogens with two attached hydrogens (primary N) is 2. The number of nitrogens with zero attached hydrogens (tertiary/aromatic N) is 2. The van der Waals surface area contributed by atoms with Gasteiger partial charge < -0.3 is 16.4 Å². The molecule has 1 aromatic heterocycles. The molecule has 2 aromatic rings. The van der Waals surface area contributed by atoms with E-state index in [1.165, 1.54) is 11.3 Å². The van der Waals surface area contributed by atoms with E-state index < -0.39 is 11.9 Å². The molecule has 26 heavy (non-hydrogen) atoms. The Morgan fingerprint density at radius 3 is 2.65 bits per heavy atom. The number of hydrogen-bond donors (Lipinski definition) is 2. The molecule has 2 fully saturated rings. The predicted octanol–water partition coefficient (Wildman–Crippen LogP) is 2.36. The van der Waals surface area contributed by atoms with Gasteiger partial charge in [-0.3, -0.25) is 9.59 Å². The minimum absolute atomic E-state index is 0.155. The number of thiazole rings is 1. The molecule has 4 unspecified atom stereocenters. The van der Waals surface area contributed by atoms with E-state index in [0.29, 0.717) is 29.2 Å². The number of carbonyl (C=O) groups excluding carboxylic acids is 2. The molecule has 6 nitrogen and oxygen atoms in total. The third kappa shape index (κ3) is 2.76. The first-order valence-corrected chi connectivity index (χ1v) is 9.69. The number of likely N-dealkylation sites (tertiary alicyclic amines) is 1. The van der Waals surface area contributed by atoms with Crippen LogP contribution < -0.4 is 11.5 Å². The highest BCUT2D eigenvalue weighted by Crippen LogP contribution is 2.46. The molecule has 0 bridgehead atoms. The Balaban J connectivity index is 1.69. The molecule has 0 spiro atoms.